The summed E-state index contributed by atoms with van der Waals surface area (Å²) in [6.07, 6.45) is 1.49. The van der Waals surface area contributed by atoms with Crippen LogP contribution in [0.25, 0.3) is 0 Å². The number of nitro groups is 1. The molecular weight excluding hydrogens is 296 g/mol. The van der Waals surface area contributed by atoms with E-state index < -0.39 is 10.5 Å². The van der Waals surface area contributed by atoms with Crippen LogP contribution in [0.1, 0.15) is 18.2 Å². The number of nitro benzene ring substituents is 1. The Morgan fingerprint density at radius 1 is 1.48 bits per heavy atom. The van der Waals surface area contributed by atoms with E-state index in [0.717, 1.165) is 0 Å². The Balaban J connectivity index is 1.98. The predicted octanol–water partition coefficient (Wildman–Crippen LogP) is 2.84. The molecule has 0 saturated heterocycles. The third kappa shape index (κ3) is 3.81. The molecule has 0 fully saturated rings. The van der Waals surface area contributed by atoms with Gasteiger partial charge in [0.15, 0.2) is 0 Å². The molecule has 0 saturated carbocycles. The fraction of sp³-hybridized carbons (Fsp3) is 0.286. The molecule has 0 bridgehead atoms. The first-order valence-electron chi connectivity index (χ1n) is 6.30. The third-order valence-electron chi connectivity index (χ3n) is 3.06. The topological polar surface area (TPSA) is 88.5 Å². The van der Waals surface area contributed by atoms with Gasteiger partial charge in [-0.2, -0.15) is 0 Å². The smallest absolute Gasteiger partial charge is 0.288 e. The second-order valence-electron chi connectivity index (χ2n) is 4.90. The van der Waals surface area contributed by atoms with Crippen molar-refractivity contribution in [2.45, 2.75) is 19.1 Å². The molecule has 6 nitrogen and oxygen atoms in total. The number of halogens is 1. The third-order valence-corrected chi connectivity index (χ3v) is 3.38. The number of nitrogens with one attached hydrogen (secondary N) is 1. The molecule has 1 atom stereocenters. The van der Waals surface area contributed by atoms with Crippen LogP contribution < -0.4 is 5.32 Å². The van der Waals surface area contributed by atoms with Gasteiger partial charge in [-0.05, 0) is 30.7 Å². The summed E-state index contributed by atoms with van der Waals surface area (Å²) < 4.78 is 5.17. The Morgan fingerprint density at radius 3 is 2.86 bits per heavy atom. The molecule has 2 N–H and O–H groups in total. The van der Waals surface area contributed by atoms with Crippen LogP contribution in [-0.4, -0.2) is 16.6 Å². The molecule has 0 radical (unpaired) electrons. The molecule has 1 unspecified atom stereocenters. The van der Waals surface area contributed by atoms with Crippen LogP contribution >= 0.6 is 11.6 Å². The van der Waals surface area contributed by atoms with Gasteiger partial charge in [0.25, 0.3) is 5.69 Å². The molecule has 2 aromatic rings. The minimum Gasteiger partial charge on any atom is -0.466 e. The Bertz CT molecular complexity index is 626. The van der Waals surface area contributed by atoms with Gasteiger partial charge < -0.3 is 14.8 Å². The number of hydrogen-bond acceptors (Lipinski definition) is 5. The van der Waals surface area contributed by atoms with Crippen molar-refractivity contribution < 1.29 is 14.4 Å². The summed E-state index contributed by atoms with van der Waals surface area (Å²) in [5.41, 5.74) is -0.572. The summed E-state index contributed by atoms with van der Waals surface area (Å²) in [4.78, 5) is 10.3. The maximum atomic E-state index is 10.8. The second kappa shape index (κ2) is 6.26. The Labute approximate surface area is 126 Å². The van der Waals surface area contributed by atoms with Crippen molar-refractivity contribution >= 4 is 17.3 Å². The number of rotatable bonds is 6. The number of furan rings is 1. The summed E-state index contributed by atoms with van der Waals surface area (Å²) in [7, 11) is 0. The highest BCUT2D eigenvalue weighted by atomic mass is 35.5. The Morgan fingerprint density at radius 2 is 2.24 bits per heavy atom. The van der Waals surface area contributed by atoms with Crippen molar-refractivity contribution in [3.63, 3.8) is 0 Å². The Kier molecular flexibility index (Phi) is 4.62. The van der Waals surface area contributed by atoms with Crippen LogP contribution in [0.15, 0.2) is 41.0 Å². The molecule has 0 spiro atoms. The standard InChI is InChI=1S/C14H15ClN2O4/c1-14(18,13-3-2-6-21-13)9-16-8-10-4-5-11(15)12(7-10)17(19)20/h2-7,16,18H,8-9H2,1H3. The van der Waals surface area contributed by atoms with E-state index in [4.69, 9.17) is 16.0 Å². The van der Waals surface area contributed by atoms with Crippen LogP contribution in [0.5, 0.6) is 0 Å². The molecule has 1 heterocycles. The molecule has 112 valence electrons. The average Bonchev–Trinajstić information content (AvgIpc) is 2.95. The van der Waals surface area contributed by atoms with Gasteiger partial charge in [-0.1, -0.05) is 17.7 Å². The monoisotopic (exact) mass is 310 g/mol. The largest absolute Gasteiger partial charge is 0.466 e. The molecule has 0 aliphatic rings. The minimum absolute atomic E-state index is 0.103. The quantitative estimate of drug-likeness (QED) is 0.632. The van der Waals surface area contributed by atoms with E-state index >= 15 is 0 Å². The average molecular weight is 311 g/mol. The first kappa shape index (κ1) is 15.5. The number of nitrogens with zero attached hydrogens (tertiary/aromatic N) is 1. The summed E-state index contributed by atoms with van der Waals surface area (Å²) in [5, 5.41) is 24.2. The summed E-state index contributed by atoms with van der Waals surface area (Å²) >= 11 is 5.75. The molecular formula is C14H15ClN2O4. The Hall–Kier alpha value is -1.89. The zero-order valence-corrected chi connectivity index (χ0v) is 12.1. The molecule has 1 aromatic carbocycles. The van der Waals surface area contributed by atoms with Gasteiger partial charge in [0, 0.05) is 19.2 Å². The van der Waals surface area contributed by atoms with Crippen LogP contribution in [0.4, 0.5) is 5.69 Å². The van der Waals surface area contributed by atoms with E-state index in [1.807, 2.05) is 0 Å². The zero-order valence-electron chi connectivity index (χ0n) is 11.4. The highest BCUT2D eigenvalue weighted by molar-refractivity contribution is 6.32. The SMILES string of the molecule is CC(O)(CNCc1ccc(Cl)c([N+](=O)[O-])c1)c1ccco1. The van der Waals surface area contributed by atoms with Gasteiger partial charge in [-0.25, -0.2) is 0 Å². The van der Waals surface area contributed by atoms with Gasteiger partial charge in [0.2, 0.25) is 0 Å². The van der Waals surface area contributed by atoms with Crippen molar-refractivity contribution in [1.29, 1.82) is 0 Å². The van der Waals surface area contributed by atoms with Gasteiger partial charge >= 0.3 is 0 Å². The lowest BCUT2D eigenvalue weighted by Crippen LogP contribution is -2.34. The molecule has 0 aliphatic heterocycles. The van der Waals surface area contributed by atoms with Gasteiger partial charge in [-0.15, -0.1) is 0 Å². The highest BCUT2D eigenvalue weighted by Crippen LogP contribution is 2.25. The van der Waals surface area contributed by atoms with Gasteiger partial charge in [0.05, 0.1) is 11.2 Å². The van der Waals surface area contributed by atoms with E-state index in [9.17, 15) is 15.2 Å². The van der Waals surface area contributed by atoms with E-state index in [1.54, 1.807) is 25.1 Å². The van der Waals surface area contributed by atoms with E-state index in [-0.39, 0.29) is 17.3 Å². The molecule has 21 heavy (non-hydrogen) atoms. The van der Waals surface area contributed by atoms with Crippen LogP contribution in [0.3, 0.4) is 0 Å². The lowest BCUT2D eigenvalue weighted by atomic mass is 10.0. The van der Waals surface area contributed by atoms with E-state index in [2.05, 4.69) is 5.32 Å². The second-order valence-corrected chi connectivity index (χ2v) is 5.30. The van der Waals surface area contributed by atoms with Crippen molar-refractivity contribution in [1.82, 2.24) is 5.32 Å². The molecule has 0 amide bonds. The molecule has 7 heteroatoms. The molecule has 1 aromatic heterocycles. The lowest BCUT2D eigenvalue weighted by Gasteiger charge is -2.21. The highest BCUT2D eigenvalue weighted by Gasteiger charge is 2.25. The molecule has 2 rings (SSSR count). The van der Waals surface area contributed by atoms with Gasteiger partial charge in [-0.3, -0.25) is 10.1 Å². The predicted molar refractivity (Wildman–Crippen MR) is 78.1 cm³/mol. The summed E-state index contributed by atoms with van der Waals surface area (Å²) in [6, 6.07) is 7.99. The normalized spacial score (nSPS) is 13.9. The maximum absolute atomic E-state index is 10.8. The van der Waals surface area contributed by atoms with Crippen molar-refractivity contribution in [3.05, 3.63) is 63.1 Å². The summed E-state index contributed by atoms with van der Waals surface area (Å²) in [6.45, 7) is 2.24. The molecule has 0 aliphatic carbocycles. The minimum atomic E-state index is -1.15. The lowest BCUT2D eigenvalue weighted by molar-refractivity contribution is -0.384. The fourth-order valence-electron chi connectivity index (χ4n) is 1.93. The van der Waals surface area contributed by atoms with Crippen LogP contribution in [0.2, 0.25) is 5.02 Å². The first-order valence-corrected chi connectivity index (χ1v) is 6.68. The number of hydrogen-bond donors (Lipinski definition) is 2. The van der Waals surface area contributed by atoms with Crippen molar-refractivity contribution in [2.75, 3.05) is 6.54 Å². The van der Waals surface area contributed by atoms with E-state index in [1.165, 1.54) is 18.4 Å². The van der Waals surface area contributed by atoms with E-state index in [0.29, 0.717) is 17.9 Å². The fourth-order valence-corrected chi connectivity index (χ4v) is 2.12. The van der Waals surface area contributed by atoms with Crippen LogP contribution in [0, 0.1) is 10.1 Å². The maximum Gasteiger partial charge on any atom is 0.288 e. The van der Waals surface area contributed by atoms with Crippen molar-refractivity contribution in [3.8, 4) is 0 Å². The van der Waals surface area contributed by atoms with Gasteiger partial charge in [0.1, 0.15) is 16.4 Å². The summed E-state index contributed by atoms with van der Waals surface area (Å²) in [5.74, 6) is 0.456. The van der Waals surface area contributed by atoms with Crippen LogP contribution in [-0.2, 0) is 12.1 Å². The number of aliphatic hydroxyl groups is 1. The van der Waals surface area contributed by atoms with Crippen molar-refractivity contribution in [2.24, 2.45) is 0 Å². The zero-order chi connectivity index (χ0) is 15.5. The first-order chi connectivity index (χ1) is 9.90. The number of benzene rings is 1.